The van der Waals surface area contributed by atoms with Crippen molar-refractivity contribution in [2.45, 2.75) is 25.8 Å². The molecule has 0 spiro atoms. The van der Waals surface area contributed by atoms with Gasteiger partial charge in [-0.1, -0.05) is 48.3 Å². The first-order valence-corrected chi connectivity index (χ1v) is 11.0. The van der Waals surface area contributed by atoms with Crippen LogP contribution in [0.25, 0.3) is 11.0 Å². The van der Waals surface area contributed by atoms with E-state index < -0.39 is 6.04 Å². The van der Waals surface area contributed by atoms with Crippen molar-refractivity contribution >= 4 is 40.1 Å². The van der Waals surface area contributed by atoms with E-state index in [1.165, 1.54) is 6.07 Å². The molecule has 1 N–H and O–H groups in total. The molecule has 31 heavy (non-hydrogen) atoms. The summed E-state index contributed by atoms with van der Waals surface area (Å²) in [5.41, 5.74) is 4.78. The van der Waals surface area contributed by atoms with Gasteiger partial charge in [0.1, 0.15) is 17.7 Å². The molecular weight excluding hydrogens is 442 g/mol. The quantitative estimate of drug-likeness (QED) is 0.587. The van der Waals surface area contributed by atoms with Gasteiger partial charge in [-0.3, -0.25) is 10.2 Å². The molecule has 0 unspecified atom stereocenters. The van der Waals surface area contributed by atoms with Crippen LogP contribution in [0.15, 0.2) is 36.4 Å². The number of aromatic nitrogens is 2. The zero-order chi connectivity index (χ0) is 22.0. The summed E-state index contributed by atoms with van der Waals surface area (Å²) in [6, 6.07) is 9.39. The molecule has 0 aliphatic carbocycles. The second kappa shape index (κ2) is 9.53. The monoisotopic (exact) mass is 464 g/mol. The highest BCUT2D eigenvalue weighted by Gasteiger charge is 2.27. The van der Waals surface area contributed by atoms with Gasteiger partial charge in [-0.05, 0) is 30.2 Å². The Morgan fingerprint density at radius 2 is 1.94 bits per heavy atom. The van der Waals surface area contributed by atoms with Crippen LogP contribution in [0.4, 0.5) is 4.39 Å². The highest BCUT2D eigenvalue weighted by molar-refractivity contribution is 6.42. The fourth-order valence-electron chi connectivity index (χ4n) is 3.82. The zero-order valence-corrected chi connectivity index (χ0v) is 18.6. The number of amides is 1. The fourth-order valence-corrected chi connectivity index (χ4v) is 4.13. The molecule has 4 rings (SSSR count). The van der Waals surface area contributed by atoms with Crippen LogP contribution in [-0.2, 0) is 16.0 Å². The number of rotatable bonds is 6. The molecule has 0 radical (unpaired) electrons. The van der Waals surface area contributed by atoms with Gasteiger partial charge in [0, 0.05) is 19.5 Å². The topological polar surface area (TPSA) is 59.4 Å². The van der Waals surface area contributed by atoms with Gasteiger partial charge in [0.15, 0.2) is 0 Å². The average Bonchev–Trinajstić information content (AvgIpc) is 3.08. The maximum Gasteiger partial charge on any atom is 0.257 e. The highest BCUT2D eigenvalue weighted by atomic mass is 35.5. The third kappa shape index (κ3) is 4.70. The lowest BCUT2D eigenvalue weighted by atomic mass is 10.1. The summed E-state index contributed by atoms with van der Waals surface area (Å²) < 4.78 is 21.6. The second-order valence-corrected chi connectivity index (χ2v) is 8.24. The van der Waals surface area contributed by atoms with Crippen molar-refractivity contribution in [3.63, 3.8) is 0 Å². The molecule has 1 amide bonds. The molecule has 1 aromatic heterocycles. The zero-order valence-electron chi connectivity index (χ0n) is 17.1. The number of nitrogens with zero attached hydrogens (tertiary/aromatic N) is 3. The van der Waals surface area contributed by atoms with Gasteiger partial charge >= 0.3 is 0 Å². The molecule has 9 heteroatoms. The molecule has 3 aromatic rings. The predicted octanol–water partition coefficient (Wildman–Crippen LogP) is 4.39. The summed E-state index contributed by atoms with van der Waals surface area (Å²) in [5.74, 6) is 0.0926. The SMILES string of the molecule is CC[C@@H](C(=O)NN1CCOCC1)n1c(Cc2ccccc2F)nc2cc(Cl)c(Cl)cc21. The number of hydrogen-bond acceptors (Lipinski definition) is 4. The number of carbonyl (C=O) groups excluding carboxylic acids is 1. The van der Waals surface area contributed by atoms with Crippen LogP contribution in [0, 0.1) is 5.82 Å². The molecule has 0 saturated carbocycles. The summed E-state index contributed by atoms with van der Waals surface area (Å²) in [5, 5.41) is 2.60. The number of fused-ring (bicyclic) bond motifs is 1. The lowest BCUT2D eigenvalue weighted by Crippen LogP contribution is -2.50. The van der Waals surface area contributed by atoms with Crippen molar-refractivity contribution in [1.82, 2.24) is 20.0 Å². The van der Waals surface area contributed by atoms with Crippen molar-refractivity contribution in [1.29, 1.82) is 0 Å². The lowest BCUT2D eigenvalue weighted by molar-refractivity contribution is -0.131. The number of hydrogen-bond donors (Lipinski definition) is 1. The molecule has 1 fully saturated rings. The maximum absolute atomic E-state index is 14.4. The molecule has 1 aliphatic heterocycles. The van der Waals surface area contributed by atoms with E-state index >= 15 is 0 Å². The fraction of sp³-hybridized carbons (Fsp3) is 0.364. The number of benzene rings is 2. The summed E-state index contributed by atoms with van der Waals surface area (Å²) >= 11 is 12.5. The molecule has 1 saturated heterocycles. The number of ether oxygens (including phenoxy) is 1. The van der Waals surface area contributed by atoms with Crippen molar-refractivity contribution < 1.29 is 13.9 Å². The third-order valence-corrected chi connectivity index (χ3v) is 6.11. The summed E-state index contributed by atoms with van der Waals surface area (Å²) in [4.78, 5) is 17.9. The van der Waals surface area contributed by atoms with Crippen molar-refractivity contribution in [2.75, 3.05) is 26.3 Å². The van der Waals surface area contributed by atoms with Crippen LogP contribution in [0.2, 0.25) is 10.0 Å². The number of hydrazine groups is 1. The van der Waals surface area contributed by atoms with Gasteiger partial charge in [0.25, 0.3) is 5.91 Å². The molecule has 1 atom stereocenters. The minimum atomic E-state index is -0.549. The summed E-state index contributed by atoms with van der Waals surface area (Å²) in [6.45, 7) is 4.31. The number of halogens is 3. The first kappa shape index (κ1) is 22.0. The van der Waals surface area contributed by atoms with Crippen LogP contribution in [0.1, 0.15) is 30.8 Å². The number of carbonyl (C=O) groups is 1. The standard InChI is InChI=1S/C22H23Cl2FN4O2/c1-2-19(22(30)27-28-7-9-31-10-8-28)29-20-13-16(24)15(23)12-18(20)26-21(29)11-14-5-3-4-6-17(14)25/h3-6,12-13,19H,2,7-11H2,1H3,(H,27,30)/t19-/m0/s1. The Labute approximate surface area is 189 Å². The Morgan fingerprint density at radius 3 is 2.65 bits per heavy atom. The van der Waals surface area contributed by atoms with E-state index in [1.807, 2.05) is 16.5 Å². The van der Waals surface area contributed by atoms with Crippen molar-refractivity contribution in [2.24, 2.45) is 0 Å². The van der Waals surface area contributed by atoms with Gasteiger partial charge in [-0.2, -0.15) is 0 Å². The van der Waals surface area contributed by atoms with Crippen LogP contribution in [0.3, 0.4) is 0 Å². The molecule has 164 valence electrons. The first-order valence-electron chi connectivity index (χ1n) is 10.2. The predicted molar refractivity (Wildman–Crippen MR) is 119 cm³/mol. The molecular formula is C22H23Cl2FN4O2. The number of imidazole rings is 1. The Bertz CT molecular complexity index is 1100. The highest BCUT2D eigenvalue weighted by Crippen LogP contribution is 2.32. The van der Waals surface area contributed by atoms with E-state index in [0.717, 1.165) is 0 Å². The van der Waals surface area contributed by atoms with E-state index in [9.17, 15) is 9.18 Å². The van der Waals surface area contributed by atoms with Crippen molar-refractivity contribution in [3.8, 4) is 0 Å². The molecule has 1 aliphatic rings. The van der Waals surface area contributed by atoms with Gasteiger partial charge in [0.2, 0.25) is 0 Å². The van der Waals surface area contributed by atoms with Gasteiger partial charge in [0.05, 0.1) is 34.3 Å². The van der Waals surface area contributed by atoms with E-state index in [1.54, 1.807) is 30.3 Å². The van der Waals surface area contributed by atoms with Crippen LogP contribution in [-0.4, -0.2) is 46.8 Å². The lowest BCUT2D eigenvalue weighted by Gasteiger charge is -2.29. The Hall–Kier alpha value is -2.19. The van der Waals surface area contributed by atoms with E-state index in [4.69, 9.17) is 27.9 Å². The Kier molecular flexibility index (Phi) is 6.77. The van der Waals surface area contributed by atoms with Crippen LogP contribution < -0.4 is 5.43 Å². The van der Waals surface area contributed by atoms with E-state index in [2.05, 4.69) is 10.4 Å². The maximum atomic E-state index is 14.4. The van der Waals surface area contributed by atoms with Gasteiger partial charge < -0.3 is 9.30 Å². The number of nitrogens with one attached hydrogen (secondary N) is 1. The second-order valence-electron chi connectivity index (χ2n) is 7.42. The molecule has 0 bridgehead atoms. The molecule has 2 aromatic carbocycles. The molecule has 2 heterocycles. The van der Waals surface area contributed by atoms with Gasteiger partial charge in [-0.15, -0.1) is 0 Å². The van der Waals surface area contributed by atoms with Crippen LogP contribution >= 0.6 is 23.2 Å². The Morgan fingerprint density at radius 1 is 1.23 bits per heavy atom. The van der Waals surface area contributed by atoms with E-state index in [-0.39, 0.29) is 18.1 Å². The Balaban J connectivity index is 1.76. The minimum Gasteiger partial charge on any atom is -0.379 e. The smallest absolute Gasteiger partial charge is 0.257 e. The van der Waals surface area contributed by atoms with Crippen molar-refractivity contribution in [3.05, 3.63) is 63.6 Å². The summed E-state index contributed by atoms with van der Waals surface area (Å²) in [6.07, 6.45) is 0.754. The van der Waals surface area contributed by atoms with E-state index in [0.29, 0.717) is 65.2 Å². The normalized spacial score (nSPS) is 15.9. The molecule has 6 nitrogen and oxygen atoms in total. The third-order valence-electron chi connectivity index (χ3n) is 5.39. The largest absolute Gasteiger partial charge is 0.379 e. The summed E-state index contributed by atoms with van der Waals surface area (Å²) in [7, 11) is 0. The minimum absolute atomic E-state index is 0.162. The van der Waals surface area contributed by atoms with Crippen LogP contribution in [0.5, 0.6) is 0 Å². The van der Waals surface area contributed by atoms with Gasteiger partial charge in [-0.25, -0.2) is 14.4 Å². The average molecular weight is 465 g/mol. The number of morpholine rings is 1. The first-order chi connectivity index (χ1) is 15.0.